The monoisotopic (exact) mass is 396 g/mol. The second-order valence-electron chi connectivity index (χ2n) is 5.85. The summed E-state index contributed by atoms with van der Waals surface area (Å²) in [4.78, 5) is 29.5. The van der Waals surface area contributed by atoms with E-state index in [1.165, 1.54) is 11.3 Å². The minimum absolute atomic E-state index is 0.352. The molecule has 0 radical (unpaired) electrons. The molecule has 3 aromatic rings. The molecule has 1 N–H and O–H groups in total. The number of hydrogen-bond donors (Lipinski definition) is 1. The Morgan fingerprint density at radius 3 is 2.29 bits per heavy atom. The zero-order valence-electron chi connectivity index (χ0n) is 15.4. The first-order valence-electron chi connectivity index (χ1n) is 8.73. The molecule has 1 amide bonds. The zero-order valence-corrected chi connectivity index (χ0v) is 16.2. The Balaban J connectivity index is 1.81. The van der Waals surface area contributed by atoms with Crippen molar-refractivity contribution in [3.05, 3.63) is 65.5 Å². The number of nitrogens with zero attached hydrogens (tertiary/aromatic N) is 1. The molecule has 6 nitrogen and oxygen atoms in total. The Hall–Kier alpha value is -3.03. The molecule has 0 unspecified atom stereocenters. The number of hydrogen-bond acceptors (Lipinski definition) is 6. The van der Waals surface area contributed by atoms with Crippen molar-refractivity contribution in [2.75, 3.05) is 26.9 Å². The van der Waals surface area contributed by atoms with Crippen LogP contribution >= 0.6 is 11.3 Å². The van der Waals surface area contributed by atoms with Crippen LogP contribution in [-0.4, -0.2) is 43.7 Å². The van der Waals surface area contributed by atoms with E-state index in [0.717, 1.165) is 16.1 Å². The van der Waals surface area contributed by atoms with Gasteiger partial charge in [-0.05, 0) is 0 Å². The van der Waals surface area contributed by atoms with Gasteiger partial charge in [0.25, 0.3) is 5.91 Å². The average molecular weight is 396 g/mol. The smallest absolute Gasteiger partial charge is 0.351 e. The third-order valence-electron chi connectivity index (χ3n) is 3.84. The Bertz CT molecular complexity index is 926. The number of amides is 1. The van der Waals surface area contributed by atoms with E-state index in [0.29, 0.717) is 23.7 Å². The first-order chi connectivity index (χ1) is 13.7. The van der Waals surface area contributed by atoms with Gasteiger partial charge >= 0.3 is 5.97 Å². The molecule has 0 aliphatic heterocycles. The highest BCUT2D eigenvalue weighted by Gasteiger charge is 2.22. The number of methoxy groups -OCH3 is 1. The molecule has 0 aliphatic carbocycles. The van der Waals surface area contributed by atoms with Crippen molar-refractivity contribution in [2.45, 2.75) is 0 Å². The maximum Gasteiger partial charge on any atom is 0.351 e. The Morgan fingerprint density at radius 1 is 1.00 bits per heavy atom. The zero-order chi connectivity index (χ0) is 19.8. The lowest BCUT2D eigenvalue weighted by molar-refractivity contribution is -0.124. The van der Waals surface area contributed by atoms with Crippen molar-refractivity contribution in [3.63, 3.8) is 0 Å². The van der Waals surface area contributed by atoms with Gasteiger partial charge in [0.15, 0.2) is 6.61 Å². The van der Waals surface area contributed by atoms with Crippen molar-refractivity contribution in [2.24, 2.45) is 0 Å². The number of aromatic nitrogens is 1. The molecular weight excluding hydrogens is 376 g/mol. The van der Waals surface area contributed by atoms with Gasteiger partial charge in [0.2, 0.25) is 0 Å². The highest BCUT2D eigenvalue weighted by Crippen LogP contribution is 2.34. The van der Waals surface area contributed by atoms with Crippen LogP contribution in [0.1, 0.15) is 9.67 Å². The highest BCUT2D eigenvalue weighted by molar-refractivity contribution is 7.17. The van der Waals surface area contributed by atoms with E-state index in [4.69, 9.17) is 9.47 Å². The molecule has 0 spiro atoms. The Kier molecular flexibility index (Phi) is 6.89. The molecule has 1 heterocycles. The van der Waals surface area contributed by atoms with Crippen LogP contribution < -0.4 is 5.32 Å². The van der Waals surface area contributed by atoms with E-state index in [1.807, 2.05) is 60.7 Å². The van der Waals surface area contributed by atoms with E-state index in [2.05, 4.69) is 10.3 Å². The molecule has 0 saturated carbocycles. The maximum atomic E-state index is 12.7. The van der Waals surface area contributed by atoms with Gasteiger partial charge in [0, 0.05) is 24.8 Å². The van der Waals surface area contributed by atoms with E-state index in [-0.39, 0.29) is 12.5 Å². The van der Waals surface area contributed by atoms with Crippen LogP contribution in [0.25, 0.3) is 21.8 Å². The van der Waals surface area contributed by atoms with Crippen LogP contribution in [0, 0.1) is 0 Å². The predicted molar refractivity (Wildman–Crippen MR) is 108 cm³/mol. The third-order valence-corrected chi connectivity index (χ3v) is 4.93. The molecule has 0 bridgehead atoms. The van der Waals surface area contributed by atoms with Gasteiger partial charge in [-0.1, -0.05) is 60.7 Å². The summed E-state index contributed by atoms with van der Waals surface area (Å²) in [6, 6.07) is 19.1. The minimum atomic E-state index is -0.569. The van der Waals surface area contributed by atoms with Gasteiger partial charge in [-0.25, -0.2) is 9.78 Å². The van der Waals surface area contributed by atoms with E-state index < -0.39 is 5.97 Å². The molecule has 2 aromatic carbocycles. The number of benzene rings is 2. The lowest BCUT2D eigenvalue weighted by Gasteiger charge is -2.06. The van der Waals surface area contributed by atoms with Crippen molar-refractivity contribution in [1.82, 2.24) is 10.3 Å². The number of ether oxygens (including phenoxy) is 2. The molecule has 0 saturated heterocycles. The van der Waals surface area contributed by atoms with Gasteiger partial charge in [0.05, 0.1) is 12.3 Å². The molecule has 1 aromatic heterocycles. The topological polar surface area (TPSA) is 77.5 Å². The number of rotatable bonds is 8. The van der Waals surface area contributed by atoms with Crippen LogP contribution in [-0.2, 0) is 14.3 Å². The summed E-state index contributed by atoms with van der Waals surface area (Å²) >= 11 is 1.25. The van der Waals surface area contributed by atoms with Crippen molar-refractivity contribution in [1.29, 1.82) is 0 Å². The normalized spacial score (nSPS) is 10.5. The fraction of sp³-hybridized carbons (Fsp3) is 0.190. The highest BCUT2D eigenvalue weighted by atomic mass is 32.1. The fourth-order valence-corrected chi connectivity index (χ4v) is 3.48. The molecule has 144 valence electrons. The lowest BCUT2D eigenvalue weighted by Crippen LogP contribution is -2.31. The summed E-state index contributed by atoms with van der Waals surface area (Å²) in [5, 5.41) is 3.33. The van der Waals surface area contributed by atoms with Gasteiger partial charge in [-0.2, -0.15) is 0 Å². The predicted octanol–water partition coefficient (Wildman–Crippen LogP) is 3.40. The van der Waals surface area contributed by atoms with E-state index >= 15 is 0 Å². The molecule has 0 atom stereocenters. The summed E-state index contributed by atoms with van der Waals surface area (Å²) in [5.41, 5.74) is 2.28. The minimum Gasteiger partial charge on any atom is -0.451 e. The summed E-state index contributed by atoms with van der Waals surface area (Å²) in [7, 11) is 1.55. The number of nitrogens with one attached hydrogen (secondary N) is 1. The first-order valence-corrected chi connectivity index (χ1v) is 9.55. The molecule has 0 fully saturated rings. The van der Waals surface area contributed by atoms with Crippen LogP contribution in [0.15, 0.2) is 60.7 Å². The van der Waals surface area contributed by atoms with Gasteiger partial charge < -0.3 is 14.8 Å². The van der Waals surface area contributed by atoms with Gasteiger partial charge in [-0.3, -0.25) is 4.79 Å². The molecule has 3 rings (SSSR count). The number of carbonyl (C=O) groups excluding carboxylic acids is 2. The Morgan fingerprint density at radius 2 is 1.64 bits per heavy atom. The van der Waals surface area contributed by atoms with Gasteiger partial charge in [0.1, 0.15) is 9.88 Å². The molecule has 0 aliphatic rings. The second kappa shape index (κ2) is 9.77. The standard InChI is InChI=1S/C21H20N2O4S/c1-26-13-12-22-17(24)14-27-21(25)19-18(15-8-4-2-5-9-15)23-20(28-19)16-10-6-3-7-11-16/h2-11H,12-14H2,1H3,(H,22,24). The third kappa shape index (κ3) is 5.03. The maximum absolute atomic E-state index is 12.7. The Labute approximate surface area is 167 Å². The SMILES string of the molecule is COCCNC(=O)COC(=O)c1sc(-c2ccccc2)nc1-c1ccccc1. The summed E-state index contributed by atoms with van der Waals surface area (Å²) in [6.07, 6.45) is 0. The number of esters is 1. The van der Waals surface area contributed by atoms with Crippen molar-refractivity contribution < 1.29 is 19.1 Å². The second-order valence-corrected chi connectivity index (χ2v) is 6.85. The number of thiazole rings is 1. The molecular formula is C21H20N2O4S. The fourth-order valence-electron chi connectivity index (χ4n) is 2.49. The average Bonchev–Trinajstić information content (AvgIpc) is 3.19. The first kappa shape index (κ1) is 19.7. The van der Waals surface area contributed by atoms with Crippen molar-refractivity contribution >= 4 is 23.2 Å². The molecule has 7 heteroatoms. The van der Waals surface area contributed by atoms with E-state index in [1.54, 1.807) is 7.11 Å². The van der Waals surface area contributed by atoms with Gasteiger partial charge in [-0.15, -0.1) is 11.3 Å². The van der Waals surface area contributed by atoms with Crippen LogP contribution in [0.5, 0.6) is 0 Å². The van der Waals surface area contributed by atoms with Crippen molar-refractivity contribution in [3.8, 4) is 21.8 Å². The number of carbonyl (C=O) groups is 2. The lowest BCUT2D eigenvalue weighted by atomic mass is 10.1. The van der Waals surface area contributed by atoms with Crippen LogP contribution in [0.3, 0.4) is 0 Å². The van der Waals surface area contributed by atoms with E-state index in [9.17, 15) is 9.59 Å². The molecule has 28 heavy (non-hydrogen) atoms. The summed E-state index contributed by atoms with van der Waals surface area (Å²) in [6.45, 7) is 0.406. The van der Waals surface area contributed by atoms with Crippen LogP contribution in [0.4, 0.5) is 0 Å². The summed E-state index contributed by atoms with van der Waals surface area (Å²) in [5.74, 6) is -0.945. The van der Waals surface area contributed by atoms with Crippen LogP contribution in [0.2, 0.25) is 0 Å². The quantitative estimate of drug-likeness (QED) is 0.466. The summed E-state index contributed by atoms with van der Waals surface area (Å²) < 4.78 is 10.1. The largest absolute Gasteiger partial charge is 0.451 e.